The number of para-hydroxylation sites is 2. The molecule has 1 aromatic carbocycles. The summed E-state index contributed by atoms with van der Waals surface area (Å²) in [5.74, 6) is -1.37. The number of ether oxygens (including phenoxy) is 1. The molecule has 0 bridgehead atoms. The van der Waals surface area contributed by atoms with Crippen molar-refractivity contribution in [2.75, 3.05) is 5.32 Å². The van der Waals surface area contributed by atoms with Crippen LogP contribution in [0.3, 0.4) is 0 Å². The fraction of sp³-hybridized carbons (Fsp3) is 0.235. The van der Waals surface area contributed by atoms with Gasteiger partial charge in [0.15, 0.2) is 5.75 Å². The van der Waals surface area contributed by atoms with Crippen molar-refractivity contribution in [3.05, 3.63) is 54.4 Å². The molecular formula is C17H18N2O4. The van der Waals surface area contributed by atoms with Crippen LogP contribution in [0.1, 0.15) is 24.2 Å². The van der Waals surface area contributed by atoms with E-state index < -0.39 is 18.0 Å². The molecule has 1 aromatic heterocycles. The Morgan fingerprint density at radius 1 is 1.17 bits per heavy atom. The number of esters is 1. The van der Waals surface area contributed by atoms with Crippen LogP contribution in [0, 0.1) is 5.92 Å². The van der Waals surface area contributed by atoms with Gasteiger partial charge in [0, 0.05) is 12.4 Å². The summed E-state index contributed by atoms with van der Waals surface area (Å²) in [4.78, 5) is 28.0. The molecule has 0 aliphatic heterocycles. The molecule has 2 rings (SSSR count). The topological polar surface area (TPSA) is 88.5 Å². The minimum atomic E-state index is -0.820. The van der Waals surface area contributed by atoms with Crippen molar-refractivity contribution >= 4 is 17.6 Å². The maximum absolute atomic E-state index is 12.2. The molecule has 0 saturated heterocycles. The van der Waals surface area contributed by atoms with Crippen LogP contribution in [0.4, 0.5) is 5.69 Å². The second-order valence-corrected chi connectivity index (χ2v) is 5.14. The number of rotatable bonds is 5. The van der Waals surface area contributed by atoms with Crippen molar-refractivity contribution in [1.82, 2.24) is 4.98 Å². The Hall–Kier alpha value is -2.73. The Bertz CT molecular complexity index is 686. The maximum atomic E-state index is 12.2. The quantitative estimate of drug-likeness (QED) is 0.653. The summed E-state index contributed by atoms with van der Waals surface area (Å²) < 4.78 is 5.28. The molecule has 2 aromatic rings. The number of aliphatic hydroxyl groups excluding tert-OH is 1. The molecule has 2 N–H and O–H groups in total. The lowest BCUT2D eigenvalue weighted by Crippen LogP contribution is -2.27. The first-order chi connectivity index (χ1) is 11.0. The molecule has 0 saturated carbocycles. The van der Waals surface area contributed by atoms with Gasteiger partial charge in [0.25, 0.3) is 5.91 Å². The number of carbonyl (C=O) groups is 2. The molecule has 23 heavy (non-hydrogen) atoms. The molecule has 2 unspecified atom stereocenters. The number of nitrogens with one attached hydrogen (secondary N) is 1. The molecule has 2 atom stereocenters. The van der Waals surface area contributed by atoms with E-state index in [1.807, 2.05) is 0 Å². The zero-order valence-corrected chi connectivity index (χ0v) is 12.9. The third kappa shape index (κ3) is 4.37. The van der Waals surface area contributed by atoms with Crippen molar-refractivity contribution in [2.45, 2.75) is 20.0 Å². The van der Waals surface area contributed by atoms with Gasteiger partial charge in [-0.1, -0.05) is 12.1 Å². The SMILES string of the molecule is CC(O)C(C)C(=O)Oc1ccccc1NC(=O)c1cccnc1. The van der Waals surface area contributed by atoms with Crippen molar-refractivity contribution < 1.29 is 19.4 Å². The predicted octanol–water partition coefficient (Wildman–Crippen LogP) is 2.26. The first-order valence-corrected chi connectivity index (χ1v) is 7.19. The first kappa shape index (κ1) is 16.6. The lowest BCUT2D eigenvalue weighted by atomic mass is 10.1. The van der Waals surface area contributed by atoms with E-state index in [0.29, 0.717) is 11.3 Å². The molecule has 1 amide bonds. The molecular weight excluding hydrogens is 296 g/mol. The van der Waals surface area contributed by atoms with Crippen LogP contribution < -0.4 is 10.1 Å². The van der Waals surface area contributed by atoms with E-state index in [2.05, 4.69) is 10.3 Å². The molecule has 0 aliphatic rings. The van der Waals surface area contributed by atoms with E-state index in [0.717, 1.165) is 0 Å². The number of pyridine rings is 1. The zero-order valence-electron chi connectivity index (χ0n) is 12.9. The van der Waals surface area contributed by atoms with Gasteiger partial charge in [-0.05, 0) is 38.1 Å². The Balaban J connectivity index is 2.15. The van der Waals surface area contributed by atoms with E-state index in [1.54, 1.807) is 49.5 Å². The highest BCUT2D eigenvalue weighted by Crippen LogP contribution is 2.25. The van der Waals surface area contributed by atoms with Crippen LogP contribution in [0.5, 0.6) is 5.75 Å². The average molecular weight is 314 g/mol. The van der Waals surface area contributed by atoms with E-state index in [1.165, 1.54) is 13.1 Å². The average Bonchev–Trinajstić information content (AvgIpc) is 2.56. The van der Waals surface area contributed by atoms with E-state index in [4.69, 9.17) is 4.74 Å². The van der Waals surface area contributed by atoms with Crippen LogP contribution in [0.25, 0.3) is 0 Å². The number of aromatic nitrogens is 1. The lowest BCUT2D eigenvalue weighted by molar-refractivity contribution is -0.141. The van der Waals surface area contributed by atoms with Crippen LogP contribution in [0.15, 0.2) is 48.8 Å². The third-order valence-electron chi connectivity index (χ3n) is 3.36. The Morgan fingerprint density at radius 3 is 2.57 bits per heavy atom. The summed E-state index contributed by atoms with van der Waals surface area (Å²) in [5, 5.41) is 12.1. The van der Waals surface area contributed by atoms with Gasteiger partial charge in [-0.2, -0.15) is 0 Å². The number of carbonyl (C=O) groups excluding carboxylic acids is 2. The van der Waals surface area contributed by atoms with Crippen molar-refractivity contribution in [3.63, 3.8) is 0 Å². The van der Waals surface area contributed by atoms with Crippen molar-refractivity contribution in [2.24, 2.45) is 5.92 Å². The number of hydrogen-bond donors (Lipinski definition) is 2. The smallest absolute Gasteiger partial charge is 0.316 e. The zero-order chi connectivity index (χ0) is 16.8. The summed E-state index contributed by atoms with van der Waals surface area (Å²) in [7, 11) is 0. The molecule has 0 fully saturated rings. The third-order valence-corrected chi connectivity index (χ3v) is 3.36. The molecule has 0 aliphatic carbocycles. The Kier molecular flexibility index (Phi) is 5.43. The van der Waals surface area contributed by atoms with Gasteiger partial charge in [0.1, 0.15) is 0 Å². The molecule has 120 valence electrons. The van der Waals surface area contributed by atoms with Gasteiger partial charge in [0.2, 0.25) is 0 Å². The number of amides is 1. The second-order valence-electron chi connectivity index (χ2n) is 5.14. The highest BCUT2D eigenvalue weighted by molar-refractivity contribution is 6.05. The first-order valence-electron chi connectivity index (χ1n) is 7.19. The molecule has 0 spiro atoms. The van der Waals surface area contributed by atoms with Gasteiger partial charge in [-0.15, -0.1) is 0 Å². The number of nitrogens with zero attached hydrogens (tertiary/aromatic N) is 1. The Morgan fingerprint density at radius 2 is 1.91 bits per heavy atom. The molecule has 6 nitrogen and oxygen atoms in total. The number of hydrogen-bond acceptors (Lipinski definition) is 5. The normalized spacial score (nSPS) is 13.0. The van der Waals surface area contributed by atoms with Crippen molar-refractivity contribution in [3.8, 4) is 5.75 Å². The number of benzene rings is 1. The van der Waals surface area contributed by atoms with E-state index in [9.17, 15) is 14.7 Å². The van der Waals surface area contributed by atoms with Gasteiger partial charge >= 0.3 is 5.97 Å². The predicted molar refractivity (Wildman–Crippen MR) is 85.1 cm³/mol. The summed E-state index contributed by atoms with van der Waals surface area (Å²) in [5.41, 5.74) is 0.762. The largest absolute Gasteiger partial charge is 0.424 e. The second kappa shape index (κ2) is 7.51. The fourth-order valence-electron chi connectivity index (χ4n) is 1.75. The number of anilines is 1. The highest BCUT2D eigenvalue weighted by Gasteiger charge is 2.21. The van der Waals surface area contributed by atoms with Crippen molar-refractivity contribution in [1.29, 1.82) is 0 Å². The summed E-state index contributed by atoms with van der Waals surface area (Å²) in [6.07, 6.45) is 2.20. The molecule has 1 heterocycles. The summed E-state index contributed by atoms with van der Waals surface area (Å²) in [6, 6.07) is 9.90. The standard InChI is InChI=1S/C17H18N2O4/c1-11(12(2)20)17(22)23-15-8-4-3-7-14(15)19-16(21)13-6-5-9-18-10-13/h3-12,20H,1-2H3,(H,19,21). The monoisotopic (exact) mass is 314 g/mol. The minimum Gasteiger partial charge on any atom is -0.424 e. The van der Waals surface area contributed by atoms with Crippen LogP contribution in [0.2, 0.25) is 0 Å². The van der Waals surface area contributed by atoms with Crippen LogP contribution >= 0.6 is 0 Å². The summed E-state index contributed by atoms with van der Waals surface area (Å²) in [6.45, 7) is 3.09. The molecule has 0 radical (unpaired) electrons. The minimum absolute atomic E-state index is 0.224. The van der Waals surface area contributed by atoms with Gasteiger partial charge in [0.05, 0.1) is 23.3 Å². The number of aliphatic hydroxyl groups is 1. The van der Waals surface area contributed by atoms with Gasteiger partial charge < -0.3 is 15.2 Å². The highest BCUT2D eigenvalue weighted by atomic mass is 16.5. The Labute approximate surface area is 134 Å². The van der Waals surface area contributed by atoms with Crippen LogP contribution in [-0.2, 0) is 4.79 Å². The molecule has 6 heteroatoms. The lowest BCUT2D eigenvalue weighted by Gasteiger charge is -2.15. The maximum Gasteiger partial charge on any atom is 0.316 e. The summed E-state index contributed by atoms with van der Waals surface area (Å²) >= 11 is 0. The van der Waals surface area contributed by atoms with E-state index in [-0.39, 0.29) is 11.7 Å². The fourth-order valence-corrected chi connectivity index (χ4v) is 1.75. The van der Waals surface area contributed by atoms with Gasteiger partial charge in [-0.3, -0.25) is 14.6 Å². The van der Waals surface area contributed by atoms with E-state index >= 15 is 0 Å². The van der Waals surface area contributed by atoms with Crippen LogP contribution in [-0.4, -0.2) is 28.1 Å². The van der Waals surface area contributed by atoms with Gasteiger partial charge in [-0.25, -0.2) is 0 Å².